The molecule has 1 unspecified atom stereocenters. The molecule has 3 N–H and O–H groups in total. The van der Waals surface area contributed by atoms with Crippen molar-refractivity contribution < 1.29 is 37.6 Å². The van der Waals surface area contributed by atoms with E-state index in [1.807, 2.05) is 0 Å². The number of unbranched alkanes of at least 4 members (excludes halogenated alkanes) is 24. The Morgan fingerprint density at radius 1 is 0.566 bits per heavy atom. The van der Waals surface area contributed by atoms with Crippen LogP contribution < -0.4 is 5.73 Å². The fourth-order valence-electron chi connectivity index (χ4n) is 6.08. The van der Waals surface area contributed by atoms with Crippen LogP contribution in [-0.4, -0.2) is 49.3 Å². The Balaban J connectivity index is 4.12. The largest absolute Gasteiger partial charge is 0.472 e. The summed E-state index contributed by atoms with van der Waals surface area (Å²) in [4.78, 5) is 34.8. The SMILES string of the molecule is CCCCC/C=C\C/C=C\CCCCCCCCCCCC(=O)O[C@H](COC(=O)CCCCCCCCCCCCCCC)COP(=O)(O)OCCN. The molecule has 0 aliphatic heterocycles. The molecule has 0 aromatic carbocycles. The second-order valence-electron chi connectivity index (χ2n) is 14.6. The molecule has 0 saturated heterocycles. The van der Waals surface area contributed by atoms with E-state index in [1.165, 1.54) is 122 Å². The van der Waals surface area contributed by atoms with Gasteiger partial charge in [0.15, 0.2) is 6.10 Å². The molecule has 53 heavy (non-hydrogen) atoms. The van der Waals surface area contributed by atoms with Crippen LogP contribution in [0.3, 0.4) is 0 Å². The van der Waals surface area contributed by atoms with E-state index in [2.05, 4.69) is 38.2 Å². The topological polar surface area (TPSA) is 134 Å². The number of rotatable bonds is 41. The maximum Gasteiger partial charge on any atom is 0.472 e. The summed E-state index contributed by atoms with van der Waals surface area (Å²) in [6.45, 7) is 3.72. The normalized spacial score (nSPS) is 13.5. The van der Waals surface area contributed by atoms with E-state index in [9.17, 15) is 19.0 Å². The lowest BCUT2D eigenvalue weighted by molar-refractivity contribution is -0.161. The van der Waals surface area contributed by atoms with Crippen LogP contribution in [0.5, 0.6) is 0 Å². The van der Waals surface area contributed by atoms with Crippen molar-refractivity contribution in [3.63, 3.8) is 0 Å². The van der Waals surface area contributed by atoms with E-state index in [0.717, 1.165) is 51.4 Å². The van der Waals surface area contributed by atoms with Crippen LogP contribution in [0, 0.1) is 0 Å². The zero-order valence-electron chi connectivity index (χ0n) is 34.3. The lowest BCUT2D eigenvalue weighted by Crippen LogP contribution is -2.29. The van der Waals surface area contributed by atoms with Crippen LogP contribution in [0.25, 0.3) is 0 Å². The number of phosphoric acid groups is 1. The molecule has 0 rings (SSSR count). The first kappa shape index (κ1) is 51.5. The van der Waals surface area contributed by atoms with E-state index in [1.54, 1.807) is 0 Å². The van der Waals surface area contributed by atoms with E-state index in [4.69, 9.17) is 24.3 Å². The van der Waals surface area contributed by atoms with Gasteiger partial charge in [-0.15, -0.1) is 0 Å². The Labute approximate surface area is 325 Å². The standard InChI is InChI=1S/C43H82NO8P/c1-3-5-7-9-11-13-15-17-18-19-20-21-22-24-26-28-30-32-34-36-43(46)52-41(40-51-53(47,48)50-38-37-44)39-49-42(45)35-33-31-29-27-25-23-16-14-12-10-8-6-4-2/h11,13,17-18,41H,3-10,12,14-16,19-40,44H2,1-2H3,(H,47,48)/b13-11-,18-17-/t41-/m1/s1. The summed E-state index contributed by atoms with van der Waals surface area (Å²) in [5.41, 5.74) is 5.35. The predicted octanol–water partition coefficient (Wildman–Crippen LogP) is 12.4. The molecule has 0 spiro atoms. The number of carbonyl (C=O) groups excluding carboxylic acids is 2. The third-order valence-electron chi connectivity index (χ3n) is 9.34. The van der Waals surface area contributed by atoms with Crippen LogP contribution in [-0.2, 0) is 32.7 Å². The van der Waals surface area contributed by atoms with E-state index >= 15 is 0 Å². The molecule has 0 aromatic rings. The van der Waals surface area contributed by atoms with Crippen molar-refractivity contribution in [1.29, 1.82) is 0 Å². The zero-order chi connectivity index (χ0) is 38.9. The van der Waals surface area contributed by atoms with Gasteiger partial charge in [-0.3, -0.25) is 18.6 Å². The Hall–Kier alpha value is -1.51. The monoisotopic (exact) mass is 772 g/mol. The highest BCUT2D eigenvalue weighted by Crippen LogP contribution is 2.43. The van der Waals surface area contributed by atoms with Gasteiger partial charge in [0.05, 0.1) is 13.2 Å². The lowest BCUT2D eigenvalue weighted by Gasteiger charge is -2.19. The molecule has 0 saturated carbocycles. The maximum absolute atomic E-state index is 12.6. The summed E-state index contributed by atoms with van der Waals surface area (Å²) in [5, 5.41) is 0. The number of nitrogens with two attached hydrogens (primary N) is 1. The van der Waals surface area contributed by atoms with Crippen molar-refractivity contribution in [2.24, 2.45) is 5.73 Å². The molecular weight excluding hydrogens is 689 g/mol. The number of phosphoric ester groups is 1. The summed E-state index contributed by atoms with van der Waals surface area (Å²) in [6, 6.07) is 0. The van der Waals surface area contributed by atoms with E-state index in [-0.39, 0.29) is 38.6 Å². The average Bonchev–Trinajstić information content (AvgIpc) is 3.14. The minimum atomic E-state index is -4.37. The first-order chi connectivity index (χ1) is 25.8. The molecule has 0 aromatic heterocycles. The number of hydrogen-bond acceptors (Lipinski definition) is 8. The highest BCUT2D eigenvalue weighted by atomic mass is 31.2. The minimum absolute atomic E-state index is 0.0543. The average molecular weight is 772 g/mol. The van der Waals surface area contributed by atoms with Crippen molar-refractivity contribution >= 4 is 19.8 Å². The Morgan fingerprint density at radius 2 is 0.981 bits per heavy atom. The van der Waals surface area contributed by atoms with Gasteiger partial charge in [0.25, 0.3) is 0 Å². The molecule has 2 atom stereocenters. The molecule has 312 valence electrons. The number of carbonyl (C=O) groups is 2. The van der Waals surface area contributed by atoms with Crippen LogP contribution >= 0.6 is 7.82 Å². The molecule has 0 fully saturated rings. The molecule has 10 heteroatoms. The van der Waals surface area contributed by atoms with Crippen LogP contribution in [0.4, 0.5) is 0 Å². The summed E-state index contributed by atoms with van der Waals surface area (Å²) in [7, 11) is -4.37. The van der Waals surface area contributed by atoms with Gasteiger partial charge < -0.3 is 20.1 Å². The number of esters is 2. The third-order valence-corrected chi connectivity index (χ3v) is 10.3. The van der Waals surface area contributed by atoms with E-state index < -0.39 is 26.5 Å². The van der Waals surface area contributed by atoms with Gasteiger partial charge in [0.1, 0.15) is 6.61 Å². The van der Waals surface area contributed by atoms with Crippen LogP contribution in [0.1, 0.15) is 206 Å². The molecule has 0 aliphatic carbocycles. The van der Waals surface area contributed by atoms with Gasteiger partial charge in [0, 0.05) is 19.4 Å². The maximum atomic E-state index is 12.6. The highest BCUT2D eigenvalue weighted by molar-refractivity contribution is 7.47. The van der Waals surface area contributed by atoms with Gasteiger partial charge >= 0.3 is 19.8 Å². The Morgan fingerprint density at radius 3 is 1.47 bits per heavy atom. The molecule has 0 aliphatic rings. The number of hydrogen-bond donors (Lipinski definition) is 2. The summed E-state index contributed by atoms with van der Waals surface area (Å²) < 4.78 is 32.8. The van der Waals surface area contributed by atoms with Gasteiger partial charge in [-0.1, -0.05) is 173 Å². The third kappa shape index (κ3) is 40.0. The highest BCUT2D eigenvalue weighted by Gasteiger charge is 2.26. The summed E-state index contributed by atoms with van der Waals surface area (Å²) in [6.07, 6.45) is 42.0. The fraction of sp³-hybridized carbons (Fsp3) is 0.860. The van der Waals surface area contributed by atoms with Crippen molar-refractivity contribution in [3.05, 3.63) is 24.3 Å². The second-order valence-corrected chi connectivity index (χ2v) is 16.0. The summed E-state index contributed by atoms with van der Waals surface area (Å²) in [5.74, 6) is -0.826. The summed E-state index contributed by atoms with van der Waals surface area (Å²) >= 11 is 0. The molecule has 0 heterocycles. The molecule has 9 nitrogen and oxygen atoms in total. The first-order valence-electron chi connectivity index (χ1n) is 21.8. The van der Waals surface area contributed by atoms with Gasteiger partial charge in [-0.2, -0.15) is 0 Å². The molecule has 0 bridgehead atoms. The van der Waals surface area contributed by atoms with Crippen molar-refractivity contribution in [1.82, 2.24) is 0 Å². The van der Waals surface area contributed by atoms with Crippen molar-refractivity contribution in [3.8, 4) is 0 Å². The molecule has 0 radical (unpaired) electrons. The van der Waals surface area contributed by atoms with Crippen molar-refractivity contribution in [2.75, 3.05) is 26.4 Å². The zero-order valence-corrected chi connectivity index (χ0v) is 35.2. The van der Waals surface area contributed by atoms with Crippen LogP contribution in [0.2, 0.25) is 0 Å². The first-order valence-corrected chi connectivity index (χ1v) is 23.3. The molecular formula is C43H82NO8P. The second kappa shape index (κ2) is 40.2. The lowest BCUT2D eigenvalue weighted by atomic mass is 10.0. The van der Waals surface area contributed by atoms with Gasteiger partial charge in [-0.25, -0.2) is 4.57 Å². The van der Waals surface area contributed by atoms with E-state index in [0.29, 0.717) is 6.42 Å². The number of allylic oxidation sites excluding steroid dienone is 4. The molecule has 0 amide bonds. The van der Waals surface area contributed by atoms with Crippen LogP contribution in [0.15, 0.2) is 24.3 Å². The van der Waals surface area contributed by atoms with Gasteiger partial charge in [0.2, 0.25) is 0 Å². The van der Waals surface area contributed by atoms with Crippen molar-refractivity contribution in [2.45, 2.75) is 213 Å². The fourth-order valence-corrected chi connectivity index (χ4v) is 6.84. The number of ether oxygens (including phenoxy) is 2. The Bertz CT molecular complexity index is 928. The quantitative estimate of drug-likeness (QED) is 0.0269. The van der Waals surface area contributed by atoms with Gasteiger partial charge in [-0.05, 0) is 44.9 Å². The predicted molar refractivity (Wildman–Crippen MR) is 220 cm³/mol. The minimum Gasteiger partial charge on any atom is -0.462 e. The Kier molecular flexibility index (Phi) is 39.0. The smallest absolute Gasteiger partial charge is 0.462 e.